The molecule has 0 atom stereocenters. The molecule has 1 fully saturated rings. The van der Waals surface area contributed by atoms with Gasteiger partial charge >= 0.3 is 0 Å². The van der Waals surface area contributed by atoms with Crippen molar-refractivity contribution in [3.8, 4) is 0 Å². The van der Waals surface area contributed by atoms with Crippen molar-refractivity contribution in [2.75, 3.05) is 43.6 Å². The third kappa shape index (κ3) is 5.50. The van der Waals surface area contributed by atoms with E-state index in [1.165, 1.54) is 12.1 Å². The number of nitro benzene ring substituents is 1. The van der Waals surface area contributed by atoms with Crippen LogP contribution in [0.2, 0.25) is 5.02 Å². The lowest BCUT2D eigenvalue weighted by atomic mass is 10.1. The van der Waals surface area contributed by atoms with Gasteiger partial charge in [0, 0.05) is 50.3 Å². The lowest BCUT2D eigenvalue weighted by molar-refractivity contribution is -0.384. The van der Waals surface area contributed by atoms with E-state index in [-0.39, 0.29) is 22.2 Å². The van der Waals surface area contributed by atoms with Gasteiger partial charge < -0.3 is 20.3 Å². The fourth-order valence-electron chi connectivity index (χ4n) is 3.39. The van der Waals surface area contributed by atoms with Crippen LogP contribution in [0, 0.1) is 10.1 Å². The van der Waals surface area contributed by atoms with Crippen molar-refractivity contribution in [1.29, 1.82) is 0 Å². The van der Waals surface area contributed by atoms with Crippen LogP contribution in [0.4, 0.5) is 17.1 Å². The van der Waals surface area contributed by atoms with Gasteiger partial charge in [-0.3, -0.25) is 19.7 Å². The molecule has 2 amide bonds. The number of amides is 2. The number of hydrogen-bond donors (Lipinski definition) is 2. The highest BCUT2D eigenvalue weighted by Crippen LogP contribution is 2.29. The number of nitrogens with zero attached hydrogens (tertiary/aromatic N) is 2. The monoisotopic (exact) mass is 446 g/mol. The number of nitrogens with one attached hydrogen (secondary N) is 2. The third-order valence-electron chi connectivity index (χ3n) is 4.95. The highest BCUT2D eigenvalue weighted by atomic mass is 35.5. The SMILES string of the molecule is COCCNC(=O)c1cc(NC(=O)c2ccc([N+](=O)[O-])cc2Cl)ccc1N1CCCC1. The molecule has 0 saturated carbocycles. The number of rotatable bonds is 8. The molecule has 9 nitrogen and oxygen atoms in total. The predicted octanol–water partition coefficient (Wildman–Crippen LogP) is 3.48. The normalized spacial score (nSPS) is 13.2. The van der Waals surface area contributed by atoms with Crippen molar-refractivity contribution in [2.24, 2.45) is 0 Å². The van der Waals surface area contributed by atoms with Crippen molar-refractivity contribution in [1.82, 2.24) is 5.32 Å². The number of halogens is 1. The van der Waals surface area contributed by atoms with Crippen LogP contribution in [0.25, 0.3) is 0 Å². The minimum Gasteiger partial charge on any atom is -0.383 e. The van der Waals surface area contributed by atoms with Gasteiger partial charge in [-0.25, -0.2) is 0 Å². The first-order valence-corrected chi connectivity index (χ1v) is 10.2. The van der Waals surface area contributed by atoms with Crippen molar-refractivity contribution in [3.63, 3.8) is 0 Å². The Labute approximate surface area is 184 Å². The fraction of sp³-hybridized carbons (Fsp3) is 0.333. The summed E-state index contributed by atoms with van der Waals surface area (Å²) in [5.41, 5.74) is 1.57. The van der Waals surface area contributed by atoms with Crippen LogP contribution in [0.15, 0.2) is 36.4 Å². The molecule has 1 heterocycles. The van der Waals surface area contributed by atoms with Gasteiger partial charge in [-0.2, -0.15) is 0 Å². The van der Waals surface area contributed by atoms with Crippen molar-refractivity contribution in [3.05, 3.63) is 62.7 Å². The van der Waals surface area contributed by atoms with Crippen molar-refractivity contribution < 1.29 is 19.2 Å². The molecule has 0 aromatic heterocycles. The van der Waals surface area contributed by atoms with Crippen LogP contribution in [0.1, 0.15) is 33.6 Å². The Kier molecular flexibility index (Phi) is 7.43. The molecule has 2 aromatic carbocycles. The Balaban J connectivity index is 1.84. The lowest BCUT2D eigenvalue weighted by Crippen LogP contribution is -2.30. The summed E-state index contributed by atoms with van der Waals surface area (Å²) < 4.78 is 4.98. The van der Waals surface area contributed by atoms with Gasteiger partial charge in [-0.1, -0.05) is 11.6 Å². The number of nitro groups is 1. The summed E-state index contributed by atoms with van der Waals surface area (Å²) in [5, 5.41) is 16.4. The molecule has 2 N–H and O–H groups in total. The molecule has 164 valence electrons. The quantitative estimate of drug-likeness (QED) is 0.364. The first kappa shape index (κ1) is 22.5. The largest absolute Gasteiger partial charge is 0.383 e. The molecule has 0 unspecified atom stereocenters. The van der Waals surface area contributed by atoms with E-state index in [2.05, 4.69) is 15.5 Å². The van der Waals surface area contributed by atoms with Gasteiger partial charge in [-0.05, 0) is 37.1 Å². The van der Waals surface area contributed by atoms with Crippen molar-refractivity contribution >= 4 is 40.5 Å². The molecule has 2 aromatic rings. The van der Waals surface area contributed by atoms with E-state index >= 15 is 0 Å². The van der Waals surface area contributed by atoms with Gasteiger partial charge in [-0.15, -0.1) is 0 Å². The number of carbonyl (C=O) groups is 2. The summed E-state index contributed by atoms with van der Waals surface area (Å²) in [6, 6.07) is 8.79. The second-order valence-corrected chi connectivity index (χ2v) is 7.46. The Morgan fingerprint density at radius 2 is 1.87 bits per heavy atom. The molecule has 10 heteroatoms. The van der Waals surface area contributed by atoms with Crippen LogP contribution < -0.4 is 15.5 Å². The molecule has 1 aliphatic heterocycles. The fourth-order valence-corrected chi connectivity index (χ4v) is 3.65. The Morgan fingerprint density at radius 3 is 2.52 bits per heavy atom. The van der Waals surface area contributed by atoms with E-state index in [9.17, 15) is 19.7 Å². The van der Waals surface area contributed by atoms with Gasteiger partial charge in [0.25, 0.3) is 17.5 Å². The van der Waals surface area contributed by atoms with Gasteiger partial charge in [0.15, 0.2) is 0 Å². The zero-order chi connectivity index (χ0) is 22.4. The summed E-state index contributed by atoms with van der Waals surface area (Å²) in [6.45, 7) is 2.48. The molecular formula is C21H23ClN4O5. The molecule has 1 saturated heterocycles. The van der Waals surface area contributed by atoms with Crippen LogP contribution in [0.5, 0.6) is 0 Å². The number of methoxy groups -OCH3 is 1. The summed E-state index contributed by atoms with van der Waals surface area (Å²) in [6.07, 6.45) is 2.11. The zero-order valence-corrected chi connectivity index (χ0v) is 17.8. The second kappa shape index (κ2) is 10.2. The summed E-state index contributed by atoms with van der Waals surface area (Å²) in [5.74, 6) is -0.789. The summed E-state index contributed by atoms with van der Waals surface area (Å²) >= 11 is 6.05. The number of ether oxygens (including phenoxy) is 1. The molecular weight excluding hydrogens is 424 g/mol. The van der Waals surface area contributed by atoms with E-state index in [1.807, 2.05) is 6.07 Å². The van der Waals surface area contributed by atoms with E-state index in [0.29, 0.717) is 24.4 Å². The first-order valence-electron chi connectivity index (χ1n) is 9.82. The van der Waals surface area contributed by atoms with Crippen molar-refractivity contribution in [2.45, 2.75) is 12.8 Å². The zero-order valence-electron chi connectivity index (χ0n) is 17.0. The maximum absolute atomic E-state index is 12.8. The number of non-ortho nitro benzene ring substituents is 1. The minimum atomic E-state index is -0.584. The predicted molar refractivity (Wildman–Crippen MR) is 118 cm³/mol. The number of hydrogen-bond acceptors (Lipinski definition) is 6. The van der Waals surface area contributed by atoms with Crippen LogP contribution >= 0.6 is 11.6 Å². The average Bonchev–Trinajstić information content (AvgIpc) is 3.28. The number of carbonyl (C=O) groups excluding carboxylic acids is 2. The van der Waals surface area contributed by atoms with E-state index in [0.717, 1.165) is 37.7 Å². The third-order valence-corrected chi connectivity index (χ3v) is 5.26. The van der Waals surface area contributed by atoms with Crippen LogP contribution in [0.3, 0.4) is 0 Å². The highest BCUT2D eigenvalue weighted by molar-refractivity contribution is 6.34. The maximum Gasteiger partial charge on any atom is 0.270 e. The average molecular weight is 447 g/mol. The second-order valence-electron chi connectivity index (χ2n) is 7.05. The Bertz CT molecular complexity index is 992. The molecule has 0 radical (unpaired) electrons. The van der Waals surface area contributed by atoms with Crippen LogP contribution in [-0.2, 0) is 4.74 Å². The first-order chi connectivity index (χ1) is 14.9. The molecule has 1 aliphatic rings. The van der Waals surface area contributed by atoms with Gasteiger partial charge in [0.05, 0.1) is 27.7 Å². The standard InChI is InChI=1S/C21H23ClN4O5/c1-31-11-8-23-20(27)17-12-14(4-7-19(17)25-9-2-3-10-25)24-21(28)16-6-5-15(26(29)30)13-18(16)22/h4-7,12-13H,2-3,8-11H2,1H3,(H,23,27)(H,24,28). The maximum atomic E-state index is 12.8. The smallest absolute Gasteiger partial charge is 0.270 e. The minimum absolute atomic E-state index is 0.0297. The Hall–Kier alpha value is -3.17. The molecule has 0 spiro atoms. The van der Waals surface area contributed by atoms with Crippen LogP contribution in [-0.4, -0.2) is 50.1 Å². The summed E-state index contributed by atoms with van der Waals surface area (Å²) in [4.78, 5) is 37.8. The van der Waals surface area contributed by atoms with Gasteiger partial charge in [0.1, 0.15) is 0 Å². The lowest BCUT2D eigenvalue weighted by Gasteiger charge is -2.22. The topological polar surface area (TPSA) is 114 Å². The number of anilines is 2. The Morgan fingerprint density at radius 1 is 1.13 bits per heavy atom. The van der Waals surface area contributed by atoms with E-state index < -0.39 is 10.8 Å². The molecule has 3 rings (SSSR count). The van der Waals surface area contributed by atoms with E-state index in [1.54, 1.807) is 19.2 Å². The number of benzene rings is 2. The molecule has 0 aliphatic carbocycles. The van der Waals surface area contributed by atoms with Gasteiger partial charge in [0.2, 0.25) is 0 Å². The molecule has 31 heavy (non-hydrogen) atoms. The highest BCUT2D eigenvalue weighted by Gasteiger charge is 2.21. The molecule has 0 bridgehead atoms. The summed E-state index contributed by atoms with van der Waals surface area (Å²) in [7, 11) is 1.56. The van der Waals surface area contributed by atoms with E-state index in [4.69, 9.17) is 16.3 Å².